The number of alkyl halides is 3. The van der Waals surface area contributed by atoms with Crippen LogP contribution >= 0.6 is 11.6 Å². The summed E-state index contributed by atoms with van der Waals surface area (Å²) in [5, 5.41) is 3.30. The number of imide groups is 1. The second kappa shape index (κ2) is 6.82. The summed E-state index contributed by atoms with van der Waals surface area (Å²) in [6.45, 7) is 2.33. The second-order valence-corrected chi connectivity index (χ2v) is 9.77. The van der Waals surface area contributed by atoms with E-state index in [-0.39, 0.29) is 11.7 Å². The fourth-order valence-electron chi connectivity index (χ4n) is 6.51. The summed E-state index contributed by atoms with van der Waals surface area (Å²) in [5.74, 6) is -3.52. The van der Waals surface area contributed by atoms with Gasteiger partial charge in [-0.05, 0) is 62.2 Å². The summed E-state index contributed by atoms with van der Waals surface area (Å²) < 4.78 is 40.0. The highest BCUT2D eigenvalue weighted by Gasteiger charge is 2.74. The molecule has 34 heavy (non-hydrogen) atoms. The predicted molar refractivity (Wildman–Crippen MR) is 117 cm³/mol. The molecule has 2 aromatic rings. The molecule has 0 bridgehead atoms. The van der Waals surface area contributed by atoms with Crippen LogP contribution in [0.15, 0.2) is 36.4 Å². The van der Waals surface area contributed by atoms with Gasteiger partial charge in [0.1, 0.15) is 5.54 Å². The third kappa shape index (κ3) is 2.54. The molecule has 0 aromatic heterocycles. The van der Waals surface area contributed by atoms with Crippen molar-refractivity contribution in [2.45, 2.75) is 37.5 Å². The SMILES string of the molecule is Cc1cc(Cl)cc2c1NC(=O)[C@@]21[C@@H]2C(=O)N(c3cccc(C(F)(F)F)c3)C(=O)[C@H]2[C@H]2CCCN21. The minimum Gasteiger partial charge on any atom is -0.324 e. The zero-order valence-corrected chi connectivity index (χ0v) is 18.7. The number of rotatable bonds is 1. The first kappa shape index (κ1) is 21.6. The van der Waals surface area contributed by atoms with E-state index in [1.54, 1.807) is 19.1 Å². The summed E-state index contributed by atoms with van der Waals surface area (Å²) in [6, 6.07) is 7.18. The lowest BCUT2D eigenvalue weighted by Crippen LogP contribution is -2.54. The normalized spacial score (nSPS) is 30.2. The average molecular weight is 490 g/mol. The molecule has 10 heteroatoms. The average Bonchev–Trinajstić information content (AvgIpc) is 3.47. The number of carbonyl (C=O) groups is 3. The van der Waals surface area contributed by atoms with Crippen LogP contribution < -0.4 is 10.2 Å². The molecule has 4 aliphatic heterocycles. The molecule has 0 radical (unpaired) electrons. The number of anilines is 2. The van der Waals surface area contributed by atoms with Gasteiger partial charge in [-0.15, -0.1) is 0 Å². The van der Waals surface area contributed by atoms with Gasteiger partial charge in [0.15, 0.2) is 0 Å². The lowest BCUT2D eigenvalue weighted by atomic mass is 9.75. The van der Waals surface area contributed by atoms with Crippen molar-refractivity contribution in [1.29, 1.82) is 0 Å². The van der Waals surface area contributed by atoms with Gasteiger partial charge in [0.25, 0.3) is 0 Å². The van der Waals surface area contributed by atoms with Crippen molar-refractivity contribution in [2.24, 2.45) is 11.8 Å². The van der Waals surface area contributed by atoms with Crippen LogP contribution in [0.1, 0.15) is 29.5 Å². The van der Waals surface area contributed by atoms with E-state index >= 15 is 0 Å². The van der Waals surface area contributed by atoms with Crippen LogP contribution in [0.4, 0.5) is 24.5 Å². The Morgan fingerprint density at radius 1 is 1.12 bits per heavy atom. The number of nitrogens with zero attached hydrogens (tertiary/aromatic N) is 2. The number of aryl methyl sites for hydroxylation is 1. The number of carbonyl (C=O) groups excluding carboxylic acids is 3. The molecule has 1 N–H and O–H groups in total. The maximum absolute atomic E-state index is 13.9. The van der Waals surface area contributed by atoms with E-state index in [0.717, 1.165) is 29.0 Å². The molecule has 0 unspecified atom stereocenters. The fraction of sp³-hybridized carbons (Fsp3) is 0.375. The molecule has 1 spiro atoms. The Kier molecular flexibility index (Phi) is 4.34. The van der Waals surface area contributed by atoms with Crippen LogP contribution in [0.5, 0.6) is 0 Å². The molecule has 4 heterocycles. The molecular formula is C24H19ClF3N3O3. The topological polar surface area (TPSA) is 69.7 Å². The highest BCUT2D eigenvalue weighted by atomic mass is 35.5. The Labute approximate surface area is 197 Å². The van der Waals surface area contributed by atoms with Gasteiger partial charge in [-0.3, -0.25) is 19.3 Å². The van der Waals surface area contributed by atoms with E-state index in [1.807, 2.05) is 4.90 Å². The maximum atomic E-state index is 13.9. The molecule has 3 amide bonds. The van der Waals surface area contributed by atoms with Crippen LogP contribution in [0.25, 0.3) is 0 Å². The quantitative estimate of drug-likeness (QED) is 0.612. The molecule has 3 fully saturated rings. The largest absolute Gasteiger partial charge is 0.416 e. The summed E-state index contributed by atoms with van der Waals surface area (Å²) in [4.78, 5) is 43.9. The smallest absolute Gasteiger partial charge is 0.324 e. The van der Waals surface area contributed by atoms with E-state index < -0.39 is 46.8 Å². The molecule has 6 nitrogen and oxygen atoms in total. The summed E-state index contributed by atoms with van der Waals surface area (Å²) >= 11 is 6.35. The van der Waals surface area contributed by atoms with Gasteiger partial charge in [-0.2, -0.15) is 13.2 Å². The Balaban J connectivity index is 1.54. The van der Waals surface area contributed by atoms with E-state index in [1.165, 1.54) is 12.1 Å². The highest BCUT2D eigenvalue weighted by Crippen LogP contribution is 2.61. The van der Waals surface area contributed by atoms with Crippen molar-refractivity contribution in [2.75, 3.05) is 16.8 Å². The van der Waals surface area contributed by atoms with Crippen LogP contribution in [-0.4, -0.2) is 35.2 Å². The summed E-state index contributed by atoms with van der Waals surface area (Å²) in [7, 11) is 0. The molecule has 2 aromatic carbocycles. The molecule has 4 atom stereocenters. The number of fused-ring (bicyclic) bond motifs is 7. The van der Waals surface area contributed by atoms with Crippen molar-refractivity contribution in [3.05, 3.63) is 58.1 Å². The van der Waals surface area contributed by atoms with Crippen molar-refractivity contribution in [1.82, 2.24) is 4.90 Å². The molecule has 3 saturated heterocycles. The van der Waals surface area contributed by atoms with Gasteiger partial charge >= 0.3 is 6.18 Å². The van der Waals surface area contributed by atoms with Crippen LogP contribution in [0.3, 0.4) is 0 Å². The molecule has 176 valence electrons. The Morgan fingerprint density at radius 2 is 1.88 bits per heavy atom. The van der Waals surface area contributed by atoms with Crippen molar-refractivity contribution in [3.8, 4) is 0 Å². The van der Waals surface area contributed by atoms with E-state index in [0.29, 0.717) is 29.2 Å². The zero-order valence-electron chi connectivity index (χ0n) is 17.9. The monoisotopic (exact) mass is 489 g/mol. The van der Waals surface area contributed by atoms with Crippen molar-refractivity contribution < 1.29 is 27.6 Å². The number of halogens is 4. The summed E-state index contributed by atoms with van der Waals surface area (Å²) in [6.07, 6.45) is -3.27. The van der Waals surface area contributed by atoms with Crippen LogP contribution in [-0.2, 0) is 26.1 Å². The highest BCUT2D eigenvalue weighted by molar-refractivity contribution is 6.31. The van der Waals surface area contributed by atoms with Gasteiger partial charge < -0.3 is 5.32 Å². The van der Waals surface area contributed by atoms with Crippen molar-refractivity contribution in [3.63, 3.8) is 0 Å². The first-order valence-electron chi connectivity index (χ1n) is 11.0. The molecule has 0 aliphatic carbocycles. The first-order chi connectivity index (χ1) is 16.1. The minimum atomic E-state index is -4.63. The third-order valence-corrected chi connectivity index (χ3v) is 7.91. The Hall–Kier alpha value is -2.91. The standard InChI is InChI=1S/C24H19ClF3N3O3/c1-11-8-13(25)10-15-19(11)29-22(34)23(15)18-17(16-6-3-7-30(16)23)20(32)31(21(18)33)14-5-2-4-12(9-14)24(26,27)28/h2,4-5,8-10,16-18H,3,6-7H2,1H3,(H,29,34)/t16-,17+,18+,23+/m1/s1. The predicted octanol–water partition coefficient (Wildman–Crippen LogP) is 4.10. The maximum Gasteiger partial charge on any atom is 0.416 e. The zero-order chi connectivity index (χ0) is 24.2. The van der Waals surface area contributed by atoms with Crippen molar-refractivity contribution >= 4 is 40.7 Å². The lowest BCUT2D eigenvalue weighted by molar-refractivity contribution is -0.137. The minimum absolute atomic E-state index is 0.139. The fourth-order valence-corrected chi connectivity index (χ4v) is 6.78. The second-order valence-electron chi connectivity index (χ2n) is 9.33. The van der Waals surface area contributed by atoms with Gasteiger partial charge in [-0.25, -0.2) is 4.90 Å². The van der Waals surface area contributed by atoms with Crippen LogP contribution in [0, 0.1) is 18.8 Å². The lowest BCUT2D eigenvalue weighted by Gasteiger charge is -2.36. The summed E-state index contributed by atoms with van der Waals surface area (Å²) in [5.41, 5.74) is -0.670. The number of amides is 3. The molecular weight excluding hydrogens is 471 g/mol. The van der Waals surface area contributed by atoms with E-state index in [4.69, 9.17) is 11.6 Å². The molecule has 0 saturated carbocycles. The molecule has 4 aliphatic rings. The number of hydrogen-bond donors (Lipinski definition) is 1. The van der Waals surface area contributed by atoms with Gasteiger partial charge in [0.05, 0.1) is 23.1 Å². The van der Waals surface area contributed by atoms with Crippen LogP contribution in [0.2, 0.25) is 5.02 Å². The number of nitrogens with one attached hydrogen (secondary N) is 1. The third-order valence-electron chi connectivity index (χ3n) is 7.70. The molecule has 6 rings (SSSR count). The van der Waals surface area contributed by atoms with Gasteiger partial charge in [0.2, 0.25) is 17.7 Å². The Morgan fingerprint density at radius 3 is 2.62 bits per heavy atom. The van der Waals surface area contributed by atoms with E-state index in [9.17, 15) is 27.6 Å². The number of hydrogen-bond acceptors (Lipinski definition) is 4. The van der Waals surface area contributed by atoms with Gasteiger partial charge in [0, 0.05) is 22.3 Å². The van der Waals surface area contributed by atoms with E-state index in [2.05, 4.69) is 5.32 Å². The first-order valence-corrected chi connectivity index (χ1v) is 11.4. The Bertz CT molecular complexity index is 1300. The number of benzene rings is 2. The van der Waals surface area contributed by atoms with Gasteiger partial charge in [-0.1, -0.05) is 17.7 Å².